The third-order valence-electron chi connectivity index (χ3n) is 3.11. The van der Waals surface area contributed by atoms with Gasteiger partial charge in [0.1, 0.15) is 11.6 Å². The molecule has 0 aromatic heterocycles. The second-order valence-electron chi connectivity index (χ2n) is 4.44. The number of rotatable bonds is 4. The molecule has 0 radical (unpaired) electrons. The highest BCUT2D eigenvalue weighted by Gasteiger charge is 2.15. The number of nitrogen functional groups attached to an aromatic ring is 1. The molecule has 0 amide bonds. The number of benzene rings is 1. The van der Waals surface area contributed by atoms with Crippen molar-refractivity contribution in [1.29, 1.82) is 0 Å². The second kappa shape index (κ2) is 5.91. The molecule has 0 bridgehead atoms. The summed E-state index contributed by atoms with van der Waals surface area (Å²) >= 11 is 0. The Balaban J connectivity index is 1.99. The van der Waals surface area contributed by atoms with Crippen molar-refractivity contribution in [2.24, 2.45) is 0 Å². The molecular formula is C13H19FN2O2. The lowest BCUT2D eigenvalue weighted by Crippen LogP contribution is -2.27. The fourth-order valence-electron chi connectivity index (χ4n) is 2.07. The highest BCUT2D eigenvalue weighted by molar-refractivity contribution is 5.62. The molecule has 1 aromatic rings. The number of halogens is 1. The summed E-state index contributed by atoms with van der Waals surface area (Å²) in [6.07, 6.45) is 3.45. The van der Waals surface area contributed by atoms with Crippen LogP contribution >= 0.6 is 0 Å². The summed E-state index contributed by atoms with van der Waals surface area (Å²) in [6.45, 7) is 1.39. The first-order valence-corrected chi connectivity index (χ1v) is 6.19. The summed E-state index contributed by atoms with van der Waals surface area (Å²) in [7, 11) is 1.51. The molecule has 1 fully saturated rings. The fourth-order valence-corrected chi connectivity index (χ4v) is 2.07. The van der Waals surface area contributed by atoms with Gasteiger partial charge in [0.25, 0.3) is 0 Å². The molecule has 1 aliphatic heterocycles. The van der Waals surface area contributed by atoms with E-state index in [1.54, 1.807) is 6.07 Å². The maximum absolute atomic E-state index is 13.7. The third kappa shape index (κ3) is 3.04. The Morgan fingerprint density at radius 2 is 2.33 bits per heavy atom. The van der Waals surface area contributed by atoms with Crippen molar-refractivity contribution in [3.8, 4) is 5.75 Å². The predicted molar refractivity (Wildman–Crippen MR) is 69.4 cm³/mol. The molecule has 18 heavy (non-hydrogen) atoms. The van der Waals surface area contributed by atoms with E-state index < -0.39 is 0 Å². The number of hydrogen-bond acceptors (Lipinski definition) is 4. The highest BCUT2D eigenvalue weighted by Crippen LogP contribution is 2.28. The van der Waals surface area contributed by atoms with Crippen LogP contribution in [-0.2, 0) is 4.74 Å². The van der Waals surface area contributed by atoms with Gasteiger partial charge < -0.3 is 20.5 Å². The summed E-state index contributed by atoms with van der Waals surface area (Å²) in [6, 6.07) is 2.84. The van der Waals surface area contributed by atoms with E-state index in [1.165, 1.54) is 19.6 Å². The molecule has 2 rings (SSSR count). The van der Waals surface area contributed by atoms with Crippen molar-refractivity contribution >= 4 is 11.4 Å². The topological polar surface area (TPSA) is 56.5 Å². The summed E-state index contributed by atoms with van der Waals surface area (Å²) in [5.74, 6) is 0.104. The van der Waals surface area contributed by atoms with Crippen LogP contribution in [0.4, 0.5) is 15.8 Å². The summed E-state index contributed by atoms with van der Waals surface area (Å²) in [5.41, 5.74) is 6.32. The normalized spacial score (nSPS) is 19.6. The maximum Gasteiger partial charge on any atom is 0.148 e. The summed E-state index contributed by atoms with van der Waals surface area (Å²) < 4.78 is 24.3. The van der Waals surface area contributed by atoms with Gasteiger partial charge in [-0.1, -0.05) is 0 Å². The van der Waals surface area contributed by atoms with Crippen molar-refractivity contribution in [1.82, 2.24) is 0 Å². The van der Waals surface area contributed by atoms with Crippen LogP contribution in [0.15, 0.2) is 12.1 Å². The van der Waals surface area contributed by atoms with E-state index in [0.29, 0.717) is 23.7 Å². The molecule has 4 nitrogen and oxygen atoms in total. The first kappa shape index (κ1) is 13.0. The van der Waals surface area contributed by atoms with Crippen LogP contribution in [0.2, 0.25) is 0 Å². The monoisotopic (exact) mass is 254 g/mol. The number of anilines is 2. The van der Waals surface area contributed by atoms with Crippen LogP contribution in [-0.4, -0.2) is 26.4 Å². The largest absolute Gasteiger partial charge is 0.495 e. The van der Waals surface area contributed by atoms with Crippen LogP contribution in [0.1, 0.15) is 19.3 Å². The number of nitrogens with two attached hydrogens (primary N) is 1. The van der Waals surface area contributed by atoms with Gasteiger partial charge in [0.2, 0.25) is 0 Å². The van der Waals surface area contributed by atoms with Crippen LogP contribution in [0.5, 0.6) is 5.75 Å². The Morgan fingerprint density at radius 3 is 3.00 bits per heavy atom. The van der Waals surface area contributed by atoms with E-state index in [9.17, 15) is 4.39 Å². The van der Waals surface area contributed by atoms with Crippen LogP contribution in [0, 0.1) is 5.82 Å². The van der Waals surface area contributed by atoms with Gasteiger partial charge in [-0.15, -0.1) is 0 Å². The molecule has 1 unspecified atom stereocenters. The number of ether oxygens (including phenoxy) is 2. The van der Waals surface area contributed by atoms with E-state index in [0.717, 1.165) is 19.4 Å². The first-order chi connectivity index (χ1) is 8.70. The molecule has 0 aliphatic carbocycles. The van der Waals surface area contributed by atoms with Gasteiger partial charge >= 0.3 is 0 Å². The van der Waals surface area contributed by atoms with Gasteiger partial charge in [0.05, 0.1) is 24.6 Å². The van der Waals surface area contributed by atoms with Crippen molar-refractivity contribution in [2.75, 3.05) is 31.3 Å². The van der Waals surface area contributed by atoms with Crippen LogP contribution in [0.25, 0.3) is 0 Å². The molecular weight excluding hydrogens is 235 g/mol. The van der Waals surface area contributed by atoms with Gasteiger partial charge in [0.15, 0.2) is 0 Å². The average Bonchev–Trinajstić information content (AvgIpc) is 2.39. The molecule has 0 saturated carbocycles. The standard InChI is InChI=1S/C13H19FN2O2/c1-17-13-7-12(10(14)6-11(13)15)16-8-9-4-2-3-5-18-9/h6-7,9,16H,2-5,8,15H2,1H3. The van der Waals surface area contributed by atoms with Crippen LogP contribution < -0.4 is 15.8 Å². The minimum Gasteiger partial charge on any atom is -0.495 e. The van der Waals surface area contributed by atoms with Crippen molar-refractivity contribution < 1.29 is 13.9 Å². The molecule has 1 atom stereocenters. The predicted octanol–water partition coefficient (Wildman–Crippen LogP) is 2.40. The summed E-state index contributed by atoms with van der Waals surface area (Å²) in [5, 5.41) is 3.05. The Kier molecular flexibility index (Phi) is 4.25. The van der Waals surface area contributed by atoms with E-state index in [2.05, 4.69) is 5.32 Å². The Morgan fingerprint density at radius 1 is 1.50 bits per heavy atom. The smallest absolute Gasteiger partial charge is 0.148 e. The molecule has 100 valence electrons. The number of hydrogen-bond donors (Lipinski definition) is 2. The molecule has 1 aliphatic rings. The average molecular weight is 254 g/mol. The van der Waals surface area contributed by atoms with Gasteiger partial charge in [-0.2, -0.15) is 0 Å². The SMILES string of the molecule is COc1cc(NCC2CCCCO2)c(F)cc1N. The lowest BCUT2D eigenvalue weighted by Gasteiger charge is -2.23. The van der Waals surface area contributed by atoms with Gasteiger partial charge in [0, 0.05) is 25.3 Å². The van der Waals surface area contributed by atoms with Gasteiger partial charge in [-0.25, -0.2) is 4.39 Å². The Labute approximate surface area is 106 Å². The second-order valence-corrected chi connectivity index (χ2v) is 4.44. The molecule has 1 saturated heterocycles. The van der Waals surface area contributed by atoms with E-state index >= 15 is 0 Å². The Hall–Kier alpha value is -1.49. The van der Waals surface area contributed by atoms with Crippen molar-refractivity contribution in [3.05, 3.63) is 17.9 Å². The van der Waals surface area contributed by atoms with Gasteiger partial charge in [-0.3, -0.25) is 0 Å². The van der Waals surface area contributed by atoms with Crippen LogP contribution in [0.3, 0.4) is 0 Å². The maximum atomic E-state index is 13.7. The zero-order valence-corrected chi connectivity index (χ0v) is 10.5. The third-order valence-corrected chi connectivity index (χ3v) is 3.11. The molecule has 3 N–H and O–H groups in total. The fraction of sp³-hybridized carbons (Fsp3) is 0.538. The van der Waals surface area contributed by atoms with Gasteiger partial charge in [-0.05, 0) is 19.3 Å². The van der Waals surface area contributed by atoms with E-state index in [1.807, 2.05) is 0 Å². The van der Waals surface area contributed by atoms with Crippen molar-refractivity contribution in [3.63, 3.8) is 0 Å². The lowest BCUT2D eigenvalue weighted by atomic mass is 10.1. The Bertz CT molecular complexity index is 406. The lowest BCUT2D eigenvalue weighted by molar-refractivity contribution is 0.0247. The summed E-state index contributed by atoms with van der Waals surface area (Å²) in [4.78, 5) is 0. The zero-order chi connectivity index (χ0) is 13.0. The minimum atomic E-state index is -0.371. The van der Waals surface area contributed by atoms with E-state index in [4.69, 9.17) is 15.2 Å². The molecule has 0 spiro atoms. The van der Waals surface area contributed by atoms with E-state index in [-0.39, 0.29) is 11.9 Å². The zero-order valence-electron chi connectivity index (χ0n) is 10.5. The quantitative estimate of drug-likeness (QED) is 0.810. The molecule has 5 heteroatoms. The number of methoxy groups -OCH3 is 1. The first-order valence-electron chi connectivity index (χ1n) is 6.19. The molecule has 1 aromatic carbocycles. The number of nitrogens with one attached hydrogen (secondary N) is 1. The highest BCUT2D eigenvalue weighted by atomic mass is 19.1. The molecule has 1 heterocycles. The minimum absolute atomic E-state index is 0.154. The van der Waals surface area contributed by atoms with Crippen molar-refractivity contribution in [2.45, 2.75) is 25.4 Å².